The molecule has 98 valence electrons. The number of nitrogens with one attached hydrogen (secondary N) is 1. The van der Waals surface area contributed by atoms with Crippen molar-refractivity contribution in [3.63, 3.8) is 0 Å². The van der Waals surface area contributed by atoms with Crippen LogP contribution in [0.5, 0.6) is 5.75 Å². The first-order valence-electron chi connectivity index (χ1n) is 5.78. The van der Waals surface area contributed by atoms with E-state index < -0.39 is 0 Å². The third-order valence-electron chi connectivity index (χ3n) is 2.62. The summed E-state index contributed by atoms with van der Waals surface area (Å²) in [6.45, 7) is 2.14. The molecular formula is C14H14BrN2O2+. The number of aryl methyl sites for hydroxylation is 1. The fourth-order valence-corrected chi connectivity index (χ4v) is 2.02. The van der Waals surface area contributed by atoms with Gasteiger partial charge in [-0.1, -0.05) is 22.0 Å². The Kier molecular flexibility index (Phi) is 4.16. The van der Waals surface area contributed by atoms with Gasteiger partial charge >= 0.3 is 0 Å². The van der Waals surface area contributed by atoms with Gasteiger partial charge in [-0.15, -0.1) is 0 Å². The highest BCUT2D eigenvalue weighted by atomic mass is 79.9. The standard InChI is InChI=1S/C14H13BrN2O2/c1-10-4-5-11(7-13(10)15)16-14(19)9-17-6-2-3-12(18)8-17/h2-8H,9H2,1H3,(H-,16,18,19)/p+1. The molecule has 2 N–H and O–H groups in total. The lowest BCUT2D eigenvalue weighted by Crippen LogP contribution is -2.39. The Morgan fingerprint density at radius 1 is 1.42 bits per heavy atom. The van der Waals surface area contributed by atoms with Gasteiger partial charge in [0.1, 0.15) is 0 Å². The maximum Gasteiger partial charge on any atom is 0.290 e. The number of carbonyl (C=O) groups excluding carboxylic acids is 1. The first-order chi connectivity index (χ1) is 9.04. The number of anilines is 1. The molecule has 0 atom stereocenters. The number of carbonyl (C=O) groups is 1. The van der Waals surface area contributed by atoms with E-state index in [0.29, 0.717) is 0 Å². The van der Waals surface area contributed by atoms with Gasteiger partial charge in [-0.25, -0.2) is 0 Å². The van der Waals surface area contributed by atoms with Crippen LogP contribution in [-0.2, 0) is 11.3 Å². The van der Waals surface area contributed by atoms with Crippen LogP contribution in [0.3, 0.4) is 0 Å². The first-order valence-corrected chi connectivity index (χ1v) is 6.58. The van der Waals surface area contributed by atoms with E-state index in [1.54, 1.807) is 22.9 Å². The zero-order chi connectivity index (χ0) is 13.8. The van der Waals surface area contributed by atoms with Gasteiger partial charge in [0.2, 0.25) is 12.7 Å². The second-order valence-electron chi connectivity index (χ2n) is 4.25. The molecule has 0 unspecified atom stereocenters. The van der Waals surface area contributed by atoms with Gasteiger partial charge < -0.3 is 10.4 Å². The number of benzene rings is 1. The first kappa shape index (κ1) is 13.5. The maximum absolute atomic E-state index is 11.9. The summed E-state index contributed by atoms with van der Waals surface area (Å²) in [5.41, 5.74) is 1.85. The Morgan fingerprint density at radius 2 is 2.21 bits per heavy atom. The highest BCUT2D eigenvalue weighted by Gasteiger charge is 2.10. The molecule has 0 spiro atoms. The number of hydrogen-bond acceptors (Lipinski definition) is 2. The van der Waals surface area contributed by atoms with Crippen molar-refractivity contribution in [2.24, 2.45) is 0 Å². The van der Waals surface area contributed by atoms with Crippen molar-refractivity contribution in [3.05, 3.63) is 52.8 Å². The second kappa shape index (κ2) is 5.84. The smallest absolute Gasteiger partial charge is 0.290 e. The summed E-state index contributed by atoms with van der Waals surface area (Å²) >= 11 is 3.42. The van der Waals surface area contributed by atoms with Crippen LogP contribution < -0.4 is 9.88 Å². The lowest BCUT2D eigenvalue weighted by molar-refractivity contribution is -0.684. The van der Waals surface area contributed by atoms with E-state index in [1.807, 2.05) is 25.1 Å². The average Bonchev–Trinajstić information content (AvgIpc) is 2.34. The van der Waals surface area contributed by atoms with Crippen LogP contribution in [0.1, 0.15) is 5.56 Å². The molecule has 0 saturated carbocycles. The molecule has 0 bridgehead atoms. The van der Waals surface area contributed by atoms with Crippen LogP contribution in [-0.4, -0.2) is 11.0 Å². The molecule has 0 fully saturated rings. The molecule has 0 saturated heterocycles. The number of rotatable bonds is 3. The lowest BCUT2D eigenvalue weighted by atomic mass is 10.2. The van der Waals surface area contributed by atoms with Crippen molar-refractivity contribution in [1.82, 2.24) is 0 Å². The van der Waals surface area contributed by atoms with Gasteiger partial charge in [-0.05, 0) is 30.7 Å². The molecule has 1 aromatic carbocycles. The zero-order valence-electron chi connectivity index (χ0n) is 10.4. The fourth-order valence-electron chi connectivity index (χ4n) is 1.64. The number of amides is 1. The Labute approximate surface area is 119 Å². The third kappa shape index (κ3) is 3.79. The predicted molar refractivity (Wildman–Crippen MR) is 75.8 cm³/mol. The van der Waals surface area contributed by atoms with E-state index >= 15 is 0 Å². The van der Waals surface area contributed by atoms with Crippen molar-refractivity contribution < 1.29 is 14.5 Å². The molecule has 19 heavy (non-hydrogen) atoms. The summed E-state index contributed by atoms with van der Waals surface area (Å²) in [5.74, 6) is -0.0141. The maximum atomic E-state index is 11.9. The van der Waals surface area contributed by atoms with Crippen LogP contribution in [0.15, 0.2) is 47.2 Å². The molecule has 0 radical (unpaired) electrons. The quantitative estimate of drug-likeness (QED) is 0.853. The van der Waals surface area contributed by atoms with Gasteiger partial charge in [0, 0.05) is 16.2 Å². The summed E-state index contributed by atoms with van der Waals surface area (Å²) in [4.78, 5) is 11.9. The number of hydrogen-bond donors (Lipinski definition) is 2. The van der Waals surface area contributed by atoms with Gasteiger partial charge in [0.25, 0.3) is 5.91 Å². The van der Waals surface area contributed by atoms with Crippen molar-refractivity contribution in [2.45, 2.75) is 13.5 Å². The molecule has 0 aliphatic rings. The third-order valence-corrected chi connectivity index (χ3v) is 3.48. The summed E-state index contributed by atoms with van der Waals surface area (Å²) in [6, 6.07) is 8.89. The fraction of sp³-hybridized carbons (Fsp3) is 0.143. The Balaban J connectivity index is 2.03. The zero-order valence-corrected chi connectivity index (χ0v) is 12.0. The highest BCUT2D eigenvalue weighted by Crippen LogP contribution is 2.20. The van der Waals surface area contributed by atoms with E-state index in [4.69, 9.17) is 0 Å². The normalized spacial score (nSPS) is 10.2. The van der Waals surface area contributed by atoms with E-state index in [-0.39, 0.29) is 18.2 Å². The molecule has 0 aliphatic carbocycles. The van der Waals surface area contributed by atoms with Gasteiger partial charge in [-0.2, -0.15) is 4.57 Å². The second-order valence-corrected chi connectivity index (χ2v) is 5.10. The number of aromatic nitrogens is 1. The van der Waals surface area contributed by atoms with Crippen LogP contribution in [0.2, 0.25) is 0 Å². The molecule has 4 nitrogen and oxygen atoms in total. The molecule has 0 aliphatic heterocycles. The molecule has 2 rings (SSSR count). The van der Waals surface area contributed by atoms with Crippen molar-refractivity contribution >= 4 is 27.5 Å². The SMILES string of the molecule is Cc1ccc(NC(=O)C[n+]2cccc(O)c2)cc1Br. The van der Waals surface area contributed by atoms with Gasteiger partial charge in [0.05, 0.1) is 0 Å². The van der Waals surface area contributed by atoms with E-state index in [0.717, 1.165) is 15.7 Å². The highest BCUT2D eigenvalue weighted by molar-refractivity contribution is 9.10. The van der Waals surface area contributed by atoms with Crippen molar-refractivity contribution in [2.75, 3.05) is 5.32 Å². The predicted octanol–water partition coefficient (Wildman–Crippen LogP) is 2.39. The van der Waals surface area contributed by atoms with Crippen LogP contribution >= 0.6 is 15.9 Å². The summed E-state index contributed by atoms with van der Waals surface area (Å²) in [6.07, 6.45) is 3.23. The molecule has 2 aromatic rings. The summed E-state index contributed by atoms with van der Waals surface area (Å²) < 4.78 is 2.57. The minimum absolute atomic E-state index is 0.133. The Bertz CT molecular complexity index is 614. The van der Waals surface area contributed by atoms with Gasteiger partial charge in [0.15, 0.2) is 11.9 Å². The summed E-state index contributed by atoms with van der Waals surface area (Å²) in [5, 5.41) is 12.1. The molecule has 5 heteroatoms. The number of nitrogens with zero attached hydrogens (tertiary/aromatic N) is 1. The summed E-state index contributed by atoms with van der Waals surface area (Å²) in [7, 11) is 0. The van der Waals surface area contributed by atoms with E-state index in [2.05, 4.69) is 21.2 Å². The lowest BCUT2D eigenvalue weighted by Gasteiger charge is -2.05. The molecule has 1 aromatic heterocycles. The largest absolute Gasteiger partial charge is 0.503 e. The average molecular weight is 322 g/mol. The Morgan fingerprint density at radius 3 is 2.89 bits per heavy atom. The number of halogens is 1. The van der Waals surface area contributed by atoms with Crippen molar-refractivity contribution in [3.8, 4) is 5.75 Å². The topological polar surface area (TPSA) is 53.2 Å². The molecule has 1 heterocycles. The van der Waals surface area contributed by atoms with Gasteiger partial charge in [-0.3, -0.25) is 4.79 Å². The Hall–Kier alpha value is -1.88. The van der Waals surface area contributed by atoms with Crippen LogP contribution in [0, 0.1) is 6.92 Å². The molecular weight excluding hydrogens is 308 g/mol. The molecule has 1 amide bonds. The minimum atomic E-state index is -0.147. The van der Waals surface area contributed by atoms with Crippen LogP contribution in [0.25, 0.3) is 0 Å². The van der Waals surface area contributed by atoms with E-state index in [9.17, 15) is 9.90 Å². The monoisotopic (exact) mass is 321 g/mol. The van der Waals surface area contributed by atoms with E-state index in [1.165, 1.54) is 6.20 Å². The van der Waals surface area contributed by atoms with Crippen molar-refractivity contribution in [1.29, 1.82) is 0 Å². The number of pyridine rings is 1. The number of aromatic hydroxyl groups is 1. The minimum Gasteiger partial charge on any atom is -0.503 e. The van der Waals surface area contributed by atoms with Crippen LogP contribution in [0.4, 0.5) is 5.69 Å².